The van der Waals surface area contributed by atoms with E-state index in [9.17, 15) is 4.79 Å². The molecule has 0 bridgehead atoms. The zero-order chi connectivity index (χ0) is 15.9. The van der Waals surface area contributed by atoms with Crippen LogP contribution in [0.15, 0.2) is 65.7 Å². The summed E-state index contributed by atoms with van der Waals surface area (Å²) in [6, 6.07) is 20.5. The molecule has 114 valence electrons. The van der Waals surface area contributed by atoms with E-state index in [-0.39, 0.29) is 17.7 Å². The zero-order valence-corrected chi connectivity index (χ0v) is 13.5. The minimum atomic E-state index is 0.0477. The van der Waals surface area contributed by atoms with Gasteiger partial charge in [-0.25, -0.2) is 0 Å². The molecule has 0 saturated carbocycles. The molecule has 2 atom stereocenters. The maximum Gasteiger partial charge on any atom is 0.132 e. The molecule has 0 heterocycles. The van der Waals surface area contributed by atoms with E-state index in [1.807, 2.05) is 43.3 Å². The molecule has 0 aliphatic carbocycles. The van der Waals surface area contributed by atoms with E-state index in [0.29, 0.717) is 0 Å². The van der Waals surface area contributed by atoms with Gasteiger partial charge in [-0.2, -0.15) is 0 Å². The number of Topliss-reactive ketones (excluding diaryl/α,β-unsaturated/α-hetero) is 1. The lowest BCUT2D eigenvalue weighted by Gasteiger charge is -2.15. The molecule has 0 fully saturated rings. The molecule has 0 N–H and O–H groups in total. The molecule has 0 aliphatic heterocycles. The first kappa shape index (κ1) is 16.2. The molecule has 2 nitrogen and oxygen atoms in total. The number of ketones is 1. The lowest BCUT2D eigenvalue weighted by Crippen LogP contribution is -2.15. The number of nitrogens with zero attached hydrogens (tertiary/aromatic N) is 1. The first-order valence-corrected chi connectivity index (χ1v) is 7.77. The van der Waals surface area contributed by atoms with Crippen molar-refractivity contribution in [1.82, 2.24) is 0 Å². The summed E-state index contributed by atoms with van der Waals surface area (Å²) >= 11 is 0. The van der Waals surface area contributed by atoms with Crippen LogP contribution in [0.2, 0.25) is 0 Å². The summed E-state index contributed by atoms with van der Waals surface area (Å²) in [5, 5.41) is 0. The molecular formula is C20H23NO. The molecule has 0 aromatic heterocycles. The van der Waals surface area contributed by atoms with Gasteiger partial charge in [0.15, 0.2) is 0 Å². The SMILES string of the molecule is CC(=O)C(C)CC(C)N=C(c1ccccc1)c1ccccc1. The number of carbonyl (C=O) groups is 1. The lowest BCUT2D eigenvalue weighted by atomic mass is 9.98. The molecule has 0 saturated heterocycles. The van der Waals surface area contributed by atoms with Gasteiger partial charge >= 0.3 is 0 Å². The summed E-state index contributed by atoms with van der Waals surface area (Å²) in [4.78, 5) is 16.4. The molecule has 0 radical (unpaired) electrons. The Morgan fingerprint density at radius 1 is 0.909 bits per heavy atom. The Balaban J connectivity index is 2.33. The highest BCUT2D eigenvalue weighted by Crippen LogP contribution is 2.16. The van der Waals surface area contributed by atoms with E-state index in [2.05, 4.69) is 31.2 Å². The highest BCUT2D eigenvalue weighted by molar-refractivity contribution is 6.12. The molecular weight excluding hydrogens is 270 g/mol. The van der Waals surface area contributed by atoms with Crippen molar-refractivity contribution in [2.75, 3.05) is 0 Å². The van der Waals surface area contributed by atoms with Crippen molar-refractivity contribution in [3.8, 4) is 0 Å². The van der Waals surface area contributed by atoms with Gasteiger partial charge in [0.1, 0.15) is 5.78 Å². The molecule has 2 unspecified atom stereocenters. The summed E-state index contributed by atoms with van der Waals surface area (Å²) in [5.41, 5.74) is 3.21. The third kappa shape index (κ3) is 4.39. The Labute approximate surface area is 132 Å². The van der Waals surface area contributed by atoms with Gasteiger partial charge in [-0.1, -0.05) is 67.6 Å². The van der Waals surface area contributed by atoms with Crippen molar-refractivity contribution >= 4 is 11.5 Å². The van der Waals surface area contributed by atoms with Crippen LogP contribution < -0.4 is 0 Å². The number of benzene rings is 2. The number of hydrogen-bond donors (Lipinski definition) is 0. The second-order valence-corrected chi connectivity index (χ2v) is 5.81. The number of aliphatic imine (C=N–C) groups is 1. The lowest BCUT2D eigenvalue weighted by molar-refractivity contribution is -0.120. The Kier molecular flexibility index (Phi) is 5.65. The molecule has 2 heteroatoms. The number of hydrogen-bond acceptors (Lipinski definition) is 2. The van der Waals surface area contributed by atoms with Crippen LogP contribution in [-0.4, -0.2) is 17.5 Å². The summed E-state index contributed by atoms with van der Waals surface area (Å²) in [6.07, 6.45) is 0.776. The van der Waals surface area contributed by atoms with Crippen molar-refractivity contribution in [3.63, 3.8) is 0 Å². The van der Waals surface area contributed by atoms with Crippen LogP contribution in [-0.2, 0) is 4.79 Å². The molecule has 0 aliphatic rings. The summed E-state index contributed by atoms with van der Waals surface area (Å²) in [7, 11) is 0. The quantitative estimate of drug-likeness (QED) is 0.720. The van der Waals surface area contributed by atoms with Gasteiger partial charge in [0, 0.05) is 23.1 Å². The molecule has 2 aromatic carbocycles. The number of carbonyl (C=O) groups excluding carboxylic acids is 1. The Bertz CT molecular complexity index is 590. The second kappa shape index (κ2) is 7.69. The fourth-order valence-electron chi connectivity index (χ4n) is 2.46. The van der Waals surface area contributed by atoms with Crippen LogP contribution >= 0.6 is 0 Å². The monoisotopic (exact) mass is 293 g/mol. The first-order valence-electron chi connectivity index (χ1n) is 7.77. The van der Waals surface area contributed by atoms with Gasteiger partial charge in [0.2, 0.25) is 0 Å². The maximum absolute atomic E-state index is 11.5. The molecule has 2 aromatic rings. The van der Waals surface area contributed by atoms with E-state index in [1.54, 1.807) is 6.92 Å². The molecule has 0 amide bonds. The van der Waals surface area contributed by atoms with Crippen LogP contribution in [0.4, 0.5) is 0 Å². The minimum absolute atomic E-state index is 0.0477. The van der Waals surface area contributed by atoms with Crippen molar-refractivity contribution in [1.29, 1.82) is 0 Å². The summed E-state index contributed by atoms with van der Waals surface area (Å²) < 4.78 is 0. The van der Waals surface area contributed by atoms with E-state index in [4.69, 9.17) is 4.99 Å². The minimum Gasteiger partial charge on any atom is -0.300 e. The van der Waals surface area contributed by atoms with Crippen molar-refractivity contribution in [2.24, 2.45) is 10.9 Å². The van der Waals surface area contributed by atoms with Crippen LogP contribution in [0.3, 0.4) is 0 Å². The van der Waals surface area contributed by atoms with Crippen LogP contribution in [0.1, 0.15) is 38.3 Å². The predicted molar refractivity (Wildman–Crippen MR) is 92.4 cm³/mol. The van der Waals surface area contributed by atoms with Crippen molar-refractivity contribution < 1.29 is 4.79 Å². The molecule has 2 rings (SSSR count). The average Bonchev–Trinajstić information content (AvgIpc) is 2.54. The van der Waals surface area contributed by atoms with Gasteiger partial charge in [-0.15, -0.1) is 0 Å². The predicted octanol–water partition coefficient (Wildman–Crippen LogP) is 4.53. The third-order valence-electron chi connectivity index (χ3n) is 3.83. The standard InChI is InChI=1S/C20H23NO/c1-15(17(3)22)14-16(2)21-20(18-10-6-4-7-11-18)19-12-8-5-9-13-19/h4-13,15-16H,14H2,1-3H3. The Morgan fingerprint density at radius 3 is 1.77 bits per heavy atom. The summed E-state index contributed by atoms with van der Waals surface area (Å²) in [6.45, 7) is 5.70. The van der Waals surface area contributed by atoms with Crippen LogP contribution in [0.5, 0.6) is 0 Å². The number of rotatable bonds is 6. The topological polar surface area (TPSA) is 29.4 Å². The fraction of sp³-hybridized carbons (Fsp3) is 0.300. The van der Waals surface area contributed by atoms with Gasteiger partial charge in [-0.3, -0.25) is 9.79 Å². The van der Waals surface area contributed by atoms with Crippen LogP contribution in [0, 0.1) is 5.92 Å². The Morgan fingerprint density at radius 2 is 1.36 bits per heavy atom. The van der Waals surface area contributed by atoms with Gasteiger partial charge in [0.05, 0.1) is 5.71 Å². The van der Waals surface area contributed by atoms with E-state index in [0.717, 1.165) is 23.3 Å². The van der Waals surface area contributed by atoms with E-state index < -0.39 is 0 Å². The molecule has 0 spiro atoms. The fourth-order valence-corrected chi connectivity index (χ4v) is 2.46. The largest absolute Gasteiger partial charge is 0.300 e. The third-order valence-corrected chi connectivity index (χ3v) is 3.83. The normalized spacial score (nSPS) is 13.2. The molecule has 22 heavy (non-hydrogen) atoms. The maximum atomic E-state index is 11.5. The van der Waals surface area contributed by atoms with Crippen molar-refractivity contribution in [2.45, 2.75) is 33.2 Å². The first-order chi connectivity index (χ1) is 10.6. The van der Waals surface area contributed by atoms with E-state index in [1.165, 1.54) is 0 Å². The zero-order valence-electron chi connectivity index (χ0n) is 13.5. The second-order valence-electron chi connectivity index (χ2n) is 5.81. The Hall–Kier alpha value is -2.22. The van der Waals surface area contributed by atoms with Gasteiger partial charge in [-0.05, 0) is 20.3 Å². The van der Waals surface area contributed by atoms with Gasteiger partial charge in [0.25, 0.3) is 0 Å². The highest BCUT2D eigenvalue weighted by Gasteiger charge is 2.14. The van der Waals surface area contributed by atoms with Gasteiger partial charge < -0.3 is 0 Å². The highest BCUT2D eigenvalue weighted by atomic mass is 16.1. The van der Waals surface area contributed by atoms with Crippen LogP contribution in [0.25, 0.3) is 0 Å². The van der Waals surface area contributed by atoms with Crippen molar-refractivity contribution in [3.05, 3.63) is 71.8 Å². The van der Waals surface area contributed by atoms with E-state index >= 15 is 0 Å². The smallest absolute Gasteiger partial charge is 0.132 e. The average molecular weight is 293 g/mol. The summed E-state index contributed by atoms with van der Waals surface area (Å²) in [5.74, 6) is 0.273.